The van der Waals surface area contributed by atoms with Crippen molar-refractivity contribution in [3.8, 4) is 22.6 Å². The predicted octanol–water partition coefficient (Wildman–Crippen LogP) is 6.47. The van der Waals surface area contributed by atoms with Gasteiger partial charge in [-0.05, 0) is 112 Å². The van der Waals surface area contributed by atoms with E-state index in [1.54, 1.807) is 7.11 Å². The van der Waals surface area contributed by atoms with Crippen molar-refractivity contribution in [2.75, 3.05) is 7.11 Å². The van der Waals surface area contributed by atoms with Gasteiger partial charge in [-0.25, -0.2) is 0 Å². The van der Waals surface area contributed by atoms with Gasteiger partial charge in [-0.2, -0.15) is 4.80 Å². The first-order valence-corrected chi connectivity index (χ1v) is 15.5. The second kappa shape index (κ2) is 15.6. The molecule has 0 aliphatic heterocycles. The Kier molecular flexibility index (Phi) is 11.1. The van der Waals surface area contributed by atoms with Crippen molar-refractivity contribution in [1.82, 2.24) is 20.2 Å². The maximum absolute atomic E-state index is 12.3. The molecule has 1 atom stereocenters. The van der Waals surface area contributed by atoms with Crippen LogP contribution in [0.5, 0.6) is 11.5 Å². The lowest BCUT2D eigenvalue weighted by atomic mass is 10.00. The third kappa shape index (κ3) is 9.23. The van der Waals surface area contributed by atoms with Crippen LogP contribution in [0.15, 0.2) is 91.0 Å². The van der Waals surface area contributed by atoms with Gasteiger partial charge in [-0.1, -0.05) is 66.2 Å². The van der Waals surface area contributed by atoms with E-state index in [2.05, 4.69) is 33.6 Å². The number of hydrogen-bond donors (Lipinski definition) is 1. The number of fused-ring (bicyclic) bond motifs is 1. The molecule has 0 bridgehead atoms. The minimum atomic E-state index is -0.717. The molecule has 0 radical (unpaired) electrons. The molecule has 0 fully saturated rings. The van der Waals surface area contributed by atoms with E-state index in [-0.39, 0.29) is 24.3 Å². The van der Waals surface area contributed by atoms with Crippen molar-refractivity contribution in [2.45, 2.75) is 44.7 Å². The molecule has 1 aromatic heterocycles. The van der Waals surface area contributed by atoms with Gasteiger partial charge < -0.3 is 15.2 Å². The molecule has 6 rings (SSSR count). The molecule has 1 heterocycles. The fourth-order valence-corrected chi connectivity index (χ4v) is 5.42. The standard InChI is InChI=1S/C25H24ClNO2.C10H9ClN4O2/c26-22-6-2-5-20(14-22)19-9-7-17(8-10-19)13-23(27)16-25(28)29-24-12-11-18-3-1-4-21(18)15-24;1-17-8-4-2-7(3-5-8)6-15-13-10(9(11)16)12-14-15/h2,5-12,14-15,23H,1,3-4,13,16,27H2;2-5H,6H2,1H3/t23-;/m1./s1. The highest BCUT2D eigenvalue weighted by molar-refractivity contribution is 6.67. The topological polar surface area (TPSA) is 122 Å². The van der Waals surface area contributed by atoms with E-state index in [0.717, 1.165) is 45.9 Å². The predicted molar refractivity (Wildman–Crippen MR) is 177 cm³/mol. The Labute approximate surface area is 277 Å². The highest BCUT2D eigenvalue weighted by Gasteiger charge is 2.16. The molecule has 0 unspecified atom stereocenters. The summed E-state index contributed by atoms with van der Waals surface area (Å²) in [6.45, 7) is 0.418. The second-order valence-corrected chi connectivity index (χ2v) is 11.7. The van der Waals surface area contributed by atoms with E-state index < -0.39 is 5.24 Å². The molecule has 5 aromatic rings. The number of methoxy groups -OCH3 is 1. The van der Waals surface area contributed by atoms with Crippen LogP contribution in [0.1, 0.15) is 45.7 Å². The lowest BCUT2D eigenvalue weighted by Gasteiger charge is -2.12. The Morgan fingerprint density at radius 2 is 1.61 bits per heavy atom. The molecule has 236 valence electrons. The van der Waals surface area contributed by atoms with Crippen LogP contribution in [0, 0.1) is 0 Å². The first kappa shape index (κ1) is 32.8. The Hall–Kier alpha value is -4.57. The van der Waals surface area contributed by atoms with Gasteiger partial charge in [0, 0.05) is 11.1 Å². The highest BCUT2D eigenvalue weighted by Crippen LogP contribution is 2.27. The van der Waals surface area contributed by atoms with Gasteiger partial charge in [0.1, 0.15) is 11.5 Å². The third-order valence-corrected chi connectivity index (χ3v) is 7.86. The van der Waals surface area contributed by atoms with Crippen LogP contribution in [0.3, 0.4) is 0 Å². The van der Waals surface area contributed by atoms with E-state index >= 15 is 0 Å². The maximum atomic E-state index is 12.3. The molecule has 0 saturated heterocycles. The zero-order valence-electron chi connectivity index (χ0n) is 25.2. The summed E-state index contributed by atoms with van der Waals surface area (Å²) in [7, 11) is 1.60. The molecule has 11 heteroatoms. The van der Waals surface area contributed by atoms with Crippen LogP contribution in [0.25, 0.3) is 11.1 Å². The number of aromatic nitrogens is 4. The van der Waals surface area contributed by atoms with Crippen LogP contribution in [-0.2, 0) is 30.6 Å². The molecule has 9 nitrogen and oxygen atoms in total. The Balaban J connectivity index is 0.000000209. The number of rotatable bonds is 10. The van der Waals surface area contributed by atoms with Crippen LogP contribution >= 0.6 is 23.2 Å². The first-order valence-electron chi connectivity index (χ1n) is 14.8. The van der Waals surface area contributed by atoms with Gasteiger partial charge in [-0.3, -0.25) is 9.59 Å². The summed E-state index contributed by atoms with van der Waals surface area (Å²) < 4.78 is 10.5. The number of aryl methyl sites for hydroxylation is 2. The molecule has 4 aromatic carbocycles. The lowest BCUT2D eigenvalue weighted by Crippen LogP contribution is -2.28. The van der Waals surface area contributed by atoms with Gasteiger partial charge in [-0.15, -0.1) is 10.2 Å². The lowest BCUT2D eigenvalue weighted by molar-refractivity contribution is -0.134. The molecule has 1 aliphatic carbocycles. The molecule has 0 saturated carbocycles. The minimum absolute atomic E-state index is 0.0971. The van der Waals surface area contributed by atoms with E-state index in [4.69, 9.17) is 38.4 Å². The summed E-state index contributed by atoms with van der Waals surface area (Å²) in [5.41, 5.74) is 13.1. The van der Waals surface area contributed by atoms with Crippen molar-refractivity contribution < 1.29 is 19.1 Å². The summed E-state index contributed by atoms with van der Waals surface area (Å²) in [5, 5.41) is 11.1. The summed E-state index contributed by atoms with van der Waals surface area (Å²) in [6.07, 6.45) is 4.16. The number of hydrogen-bond acceptors (Lipinski definition) is 8. The third-order valence-electron chi connectivity index (χ3n) is 7.45. The van der Waals surface area contributed by atoms with E-state index in [0.29, 0.717) is 18.7 Å². The van der Waals surface area contributed by atoms with Crippen LogP contribution in [0.2, 0.25) is 5.02 Å². The summed E-state index contributed by atoms with van der Waals surface area (Å²) in [6, 6.07) is 29.0. The van der Waals surface area contributed by atoms with Crippen molar-refractivity contribution >= 4 is 34.4 Å². The number of nitrogens with zero attached hydrogens (tertiary/aromatic N) is 4. The molecule has 0 amide bonds. The second-order valence-electron chi connectivity index (χ2n) is 10.9. The maximum Gasteiger partial charge on any atom is 0.312 e. The number of benzene rings is 4. The molecule has 46 heavy (non-hydrogen) atoms. The minimum Gasteiger partial charge on any atom is -0.497 e. The average Bonchev–Trinajstić information content (AvgIpc) is 3.72. The molecular formula is C35H33Cl2N5O4. The Morgan fingerprint density at radius 3 is 2.30 bits per heavy atom. The fourth-order valence-electron chi connectivity index (χ4n) is 5.16. The van der Waals surface area contributed by atoms with Gasteiger partial charge in [0.25, 0.3) is 11.1 Å². The Bertz CT molecular complexity index is 1790. The number of esters is 1. The summed E-state index contributed by atoms with van der Waals surface area (Å²) in [4.78, 5) is 24.3. The van der Waals surface area contributed by atoms with E-state index in [1.807, 2.05) is 72.8 Å². The Morgan fingerprint density at radius 1 is 0.891 bits per heavy atom. The van der Waals surface area contributed by atoms with Crippen LogP contribution in [-0.4, -0.2) is 44.6 Å². The van der Waals surface area contributed by atoms with Gasteiger partial charge in [0.15, 0.2) is 0 Å². The van der Waals surface area contributed by atoms with Crippen molar-refractivity contribution in [1.29, 1.82) is 0 Å². The number of ether oxygens (including phenoxy) is 2. The van der Waals surface area contributed by atoms with Gasteiger partial charge >= 0.3 is 5.97 Å². The zero-order valence-corrected chi connectivity index (χ0v) is 26.7. The van der Waals surface area contributed by atoms with Gasteiger partial charge in [0.2, 0.25) is 0 Å². The monoisotopic (exact) mass is 657 g/mol. The zero-order chi connectivity index (χ0) is 32.5. The number of carbonyl (C=O) groups excluding carboxylic acids is 2. The molecule has 2 N–H and O–H groups in total. The smallest absolute Gasteiger partial charge is 0.312 e. The summed E-state index contributed by atoms with van der Waals surface area (Å²) in [5.74, 6) is 1.01. The van der Waals surface area contributed by atoms with Crippen LogP contribution < -0.4 is 15.2 Å². The number of halogens is 2. The molecular weight excluding hydrogens is 625 g/mol. The first-order chi connectivity index (χ1) is 22.2. The number of tetrazole rings is 1. The average molecular weight is 659 g/mol. The number of carbonyl (C=O) groups is 2. The summed E-state index contributed by atoms with van der Waals surface area (Å²) >= 11 is 11.3. The van der Waals surface area contributed by atoms with Crippen molar-refractivity contribution in [3.63, 3.8) is 0 Å². The molecule has 1 aliphatic rings. The largest absolute Gasteiger partial charge is 0.497 e. The number of nitrogens with two attached hydrogens (primary N) is 1. The quantitative estimate of drug-likeness (QED) is 0.103. The molecule has 0 spiro atoms. The SMILES string of the molecule is COc1ccc(Cn2nnc(C(=O)Cl)n2)cc1.N[C@@H](CC(=O)Oc1ccc2c(c1)CCC2)Cc1ccc(-c2cccc(Cl)c2)cc1. The van der Waals surface area contributed by atoms with Crippen LogP contribution in [0.4, 0.5) is 0 Å². The highest BCUT2D eigenvalue weighted by atomic mass is 35.5. The van der Waals surface area contributed by atoms with E-state index in [9.17, 15) is 9.59 Å². The van der Waals surface area contributed by atoms with Crippen molar-refractivity contribution in [3.05, 3.63) is 124 Å². The fraction of sp³-hybridized carbons (Fsp3) is 0.229. The van der Waals surface area contributed by atoms with Gasteiger partial charge in [0.05, 0.1) is 20.1 Å². The normalized spacial score (nSPS) is 12.4. The van der Waals surface area contributed by atoms with E-state index in [1.165, 1.54) is 22.3 Å². The van der Waals surface area contributed by atoms with Crippen molar-refractivity contribution in [2.24, 2.45) is 5.73 Å².